The minimum Gasteiger partial charge on any atom is -0.478 e. The van der Waals surface area contributed by atoms with Gasteiger partial charge in [0.05, 0.1) is 66.4 Å². The highest BCUT2D eigenvalue weighted by molar-refractivity contribution is 9.10. The first kappa shape index (κ1) is 62.1. The molecular formula is C66H80BBrN4O12. The van der Waals surface area contributed by atoms with Gasteiger partial charge in [0, 0.05) is 77.1 Å². The topological polar surface area (TPSA) is 200 Å². The molecule has 1 saturated heterocycles. The van der Waals surface area contributed by atoms with E-state index in [0.29, 0.717) is 87.8 Å². The molecule has 3 fully saturated rings. The van der Waals surface area contributed by atoms with E-state index >= 15 is 0 Å². The van der Waals surface area contributed by atoms with Crippen LogP contribution in [0.15, 0.2) is 102 Å². The summed E-state index contributed by atoms with van der Waals surface area (Å²) in [7, 11) is -0.392. The Labute approximate surface area is 503 Å². The van der Waals surface area contributed by atoms with Crippen molar-refractivity contribution < 1.29 is 57.5 Å². The van der Waals surface area contributed by atoms with Gasteiger partial charge in [-0.3, -0.25) is 9.59 Å². The number of hydrogen-bond acceptors (Lipinski definition) is 16. The van der Waals surface area contributed by atoms with Crippen LogP contribution in [-0.2, 0) is 54.4 Å². The molecule has 6 atom stereocenters. The molecule has 1 aliphatic heterocycles. The van der Waals surface area contributed by atoms with E-state index in [2.05, 4.69) is 81.8 Å². The molecule has 18 heteroatoms. The van der Waals surface area contributed by atoms with Crippen LogP contribution in [0.2, 0.25) is 0 Å². The van der Waals surface area contributed by atoms with E-state index in [0.717, 1.165) is 62.0 Å². The van der Waals surface area contributed by atoms with Gasteiger partial charge >= 0.3 is 19.1 Å². The first-order valence-corrected chi connectivity index (χ1v) is 30.0. The molecule has 0 unspecified atom stereocenters. The Morgan fingerprint density at radius 1 is 0.631 bits per heavy atom. The highest BCUT2D eigenvalue weighted by atomic mass is 79.9. The third-order valence-electron chi connectivity index (χ3n) is 16.6. The Morgan fingerprint density at radius 2 is 1.11 bits per heavy atom. The monoisotopic (exact) mass is 1210 g/mol. The van der Waals surface area contributed by atoms with Gasteiger partial charge in [0.25, 0.3) is 0 Å². The molecule has 0 radical (unpaired) electrons. The van der Waals surface area contributed by atoms with E-state index in [1.807, 2.05) is 107 Å². The predicted molar refractivity (Wildman–Crippen MR) is 323 cm³/mol. The molecule has 2 aromatic carbocycles. The van der Waals surface area contributed by atoms with Gasteiger partial charge in [0.15, 0.2) is 0 Å². The molecule has 11 rings (SSSR count). The Hall–Kier alpha value is -6.44. The summed E-state index contributed by atoms with van der Waals surface area (Å²) in [5.41, 5.74) is 9.50. The second-order valence-electron chi connectivity index (χ2n) is 24.7. The van der Waals surface area contributed by atoms with E-state index in [-0.39, 0.29) is 46.8 Å². The normalized spacial score (nSPS) is 20.8. The number of ether oxygens (including phenoxy) is 6. The van der Waals surface area contributed by atoms with Gasteiger partial charge < -0.3 is 47.9 Å². The van der Waals surface area contributed by atoms with Gasteiger partial charge in [-0.25, -0.2) is 19.9 Å². The molecular weight excluding hydrogens is 1130 g/mol. The Balaban J connectivity index is 0.000000164. The fourth-order valence-electron chi connectivity index (χ4n) is 11.1. The number of rotatable bonds is 20. The lowest BCUT2D eigenvalue weighted by Crippen LogP contribution is -2.41. The smallest absolute Gasteiger partial charge is 0.478 e. The second-order valence-corrected chi connectivity index (χ2v) is 25.6. The van der Waals surface area contributed by atoms with Gasteiger partial charge in [-0.05, 0) is 186 Å². The summed E-state index contributed by atoms with van der Waals surface area (Å²) in [6.07, 6.45) is 6.62. The van der Waals surface area contributed by atoms with Gasteiger partial charge in [0.2, 0.25) is 23.5 Å². The van der Waals surface area contributed by atoms with Crippen molar-refractivity contribution in [3.8, 4) is 34.6 Å². The van der Waals surface area contributed by atoms with E-state index in [4.69, 9.17) is 37.7 Å². The molecule has 0 bridgehead atoms. The number of esters is 2. The van der Waals surface area contributed by atoms with Crippen LogP contribution in [0, 0.1) is 37.5 Å². The van der Waals surface area contributed by atoms with E-state index in [9.17, 15) is 19.8 Å². The average Bonchev–Trinajstić information content (AvgIpc) is 1.66. The fourth-order valence-corrected chi connectivity index (χ4v) is 11.3. The molecule has 16 nitrogen and oxygen atoms in total. The maximum absolute atomic E-state index is 12.1. The van der Waals surface area contributed by atoms with E-state index in [1.165, 1.54) is 16.7 Å². The SMILES string of the molecule is CCOC(=O)[C@H]1[C@@H]2Cc3cc(OCc4cccc(-c5ccc(OCCC(C)(C)O)nc5C)c4)ncc3[C@@H]21.CCOC(=O)[C@H]1[C@@H]2Cc3cc(OCc4cccc(B5OC(C)(C)C(C)(C)O5)c4)ncc3[C@@H]21.Cc1nc(OCCC(C)(C)O)ccc1Br. The highest BCUT2D eigenvalue weighted by Gasteiger charge is 2.61. The lowest BCUT2D eigenvalue weighted by molar-refractivity contribution is -0.146. The number of nitrogens with zero attached hydrogens (tertiary/aromatic N) is 4. The van der Waals surface area contributed by atoms with Crippen LogP contribution >= 0.6 is 15.9 Å². The lowest BCUT2D eigenvalue weighted by atomic mass is 9.78. The van der Waals surface area contributed by atoms with Crippen LogP contribution in [0.3, 0.4) is 0 Å². The summed E-state index contributed by atoms with van der Waals surface area (Å²) < 4.78 is 46.9. The van der Waals surface area contributed by atoms with E-state index in [1.54, 1.807) is 27.7 Å². The van der Waals surface area contributed by atoms with Crippen molar-refractivity contribution in [3.05, 3.63) is 147 Å². The second kappa shape index (κ2) is 25.6. The number of hydrogen-bond donors (Lipinski definition) is 2. The quantitative estimate of drug-likeness (QED) is 0.0540. The van der Waals surface area contributed by atoms with Gasteiger partial charge in [-0.1, -0.05) is 42.5 Å². The molecule has 5 aliphatic rings. The summed E-state index contributed by atoms with van der Waals surface area (Å²) in [5.74, 6) is 3.43. The largest absolute Gasteiger partial charge is 0.494 e. The van der Waals surface area contributed by atoms with Crippen LogP contribution < -0.4 is 24.4 Å². The van der Waals surface area contributed by atoms with Crippen molar-refractivity contribution in [3.63, 3.8) is 0 Å². The summed E-state index contributed by atoms with van der Waals surface area (Å²) in [6, 6.07) is 27.9. The molecule has 5 heterocycles. The van der Waals surface area contributed by atoms with Crippen molar-refractivity contribution >= 4 is 40.4 Å². The number of aryl methyl sites for hydroxylation is 2. The number of aromatic nitrogens is 4. The molecule has 0 amide bonds. The Bertz CT molecular complexity index is 3310. The molecule has 84 heavy (non-hydrogen) atoms. The van der Waals surface area contributed by atoms with Crippen LogP contribution in [0.1, 0.15) is 139 Å². The number of fused-ring (bicyclic) bond motifs is 6. The average molecular weight is 1210 g/mol. The van der Waals surface area contributed by atoms with Crippen molar-refractivity contribution in [1.29, 1.82) is 0 Å². The van der Waals surface area contributed by atoms with Crippen molar-refractivity contribution in [2.45, 2.75) is 156 Å². The van der Waals surface area contributed by atoms with Crippen LogP contribution in [0.4, 0.5) is 0 Å². The summed E-state index contributed by atoms with van der Waals surface area (Å²) in [6.45, 7) is 25.4. The zero-order valence-electron chi connectivity index (χ0n) is 50.5. The first-order valence-electron chi connectivity index (χ1n) is 29.2. The number of benzene rings is 2. The van der Waals surface area contributed by atoms with Crippen molar-refractivity contribution in [2.75, 3.05) is 26.4 Å². The van der Waals surface area contributed by atoms with Crippen molar-refractivity contribution in [2.24, 2.45) is 23.7 Å². The lowest BCUT2D eigenvalue weighted by Gasteiger charge is -2.32. The molecule has 4 aromatic heterocycles. The van der Waals surface area contributed by atoms with Gasteiger partial charge in [-0.15, -0.1) is 0 Å². The number of pyridine rings is 4. The number of carbonyl (C=O) groups is 2. The van der Waals surface area contributed by atoms with Crippen LogP contribution in [0.5, 0.6) is 23.5 Å². The summed E-state index contributed by atoms with van der Waals surface area (Å²) >= 11 is 3.37. The fraction of sp³-hybridized carbons (Fsp3) is 0.485. The minimum atomic E-state index is -0.764. The zero-order chi connectivity index (χ0) is 60.3. The maximum Gasteiger partial charge on any atom is 0.494 e. The molecule has 6 aromatic rings. The standard InChI is InChI=1S/C30H34N2O5.C25H30BNO5.C11H16BrNO2/c1-5-35-29(33)28-23-14-21-15-26(31-16-24(21)27(23)28)37-17-19-7-6-8-20(13-19)22-9-10-25(32-18(22)2)36-12-11-30(3,4)34;1-6-29-23(28)22-18-11-16-12-20(27-13-19(16)21(18)22)30-14-15-8-7-9-17(10-15)26-31-24(2,3)25(4,5)32-26;1-8-9(12)4-5-10(13-8)15-7-6-11(2,3)14/h6-10,13,15-16,23,27-28,34H,5,11-12,14,17H2,1-4H3;7-10,12-13,18,21-22H,6,11,14H2,1-5H3;4-5,14H,6-7H2,1-3H3/t23-,27-,28+;18-,21-,22+;/m11./s1. The summed E-state index contributed by atoms with van der Waals surface area (Å²) in [5, 5.41) is 19.3. The molecule has 2 N–H and O–H groups in total. The predicted octanol–water partition coefficient (Wildman–Crippen LogP) is 11.1. The molecule has 2 saturated carbocycles. The van der Waals surface area contributed by atoms with Crippen LogP contribution in [0.25, 0.3) is 11.1 Å². The van der Waals surface area contributed by atoms with Crippen LogP contribution in [-0.4, -0.2) is 98.0 Å². The number of aliphatic hydroxyl groups is 2. The van der Waals surface area contributed by atoms with Gasteiger partial charge in [0.1, 0.15) is 13.2 Å². The first-order chi connectivity index (χ1) is 39.8. The highest BCUT2D eigenvalue weighted by Crippen LogP contribution is 2.63. The third kappa shape index (κ3) is 15.1. The minimum absolute atomic E-state index is 0.00461. The van der Waals surface area contributed by atoms with E-state index < -0.39 is 18.3 Å². The number of carbonyl (C=O) groups excluding carboxylic acids is 2. The molecule has 4 aliphatic carbocycles. The Kier molecular flexibility index (Phi) is 19.0. The molecule has 446 valence electrons. The van der Waals surface area contributed by atoms with Gasteiger partial charge in [-0.2, -0.15) is 0 Å². The summed E-state index contributed by atoms with van der Waals surface area (Å²) in [4.78, 5) is 42.0. The Morgan fingerprint density at radius 3 is 1.58 bits per heavy atom. The third-order valence-corrected chi connectivity index (χ3v) is 17.4. The zero-order valence-corrected chi connectivity index (χ0v) is 52.1. The number of halogens is 1. The van der Waals surface area contributed by atoms with Crippen molar-refractivity contribution in [1.82, 2.24) is 19.9 Å². The molecule has 0 spiro atoms. The maximum atomic E-state index is 12.1.